The van der Waals surface area contributed by atoms with Gasteiger partial charge in [0.2, 0.25) is 0 Å². The van der Waals surface area contributed by atoms with Crippen molar-refractivity contribution in [3.8, 4) is 17.2 Å². The molecule has 1 fully saturated rings. The number of methoxy groups -OCH3 is 2. The van der Waals surface area contributed by atoms with Gasteiger partial charge in [0.1, 0.15) is 11.3 Å². The number of benzene rings is 3. The molecule has 0 spiro atoms. The summed E-state index contributed by atoms with van der Waals surface area (Å²) in [6.07, 6.45) is 1.45. The number of rotatable bonds is 5. The molecule has 184 valence electrons. The molecule has 1 aliphatic heterocycles. The third-order valence-electron chi connectivity index (χ3n) is 5.93. The number of aromatic hydroxyl groups is 1. The summed E-state index contributed by atoms with van der Waals surface area (Å²) in [5.41, 5.74) is 4.20. The van der Waals surface area contributed by atoms with Gasteiger partial charge in [-0.1, -0.05) is 29.8 Å². The molecule has 1 aliphatic rings. The number of carbonyl (C=O) groups excluding carboxylic acids is 2. The molecule has 0 atom stereocenters. The van der Waals surface area contributed by atoms with E-state index in [2.05, 4.69) is 0 Å². The summed E-state index contributed by atoms with van der Waals surface area (Å²) in [6.45, 7) is 5.79. The van der Waals surface area contributed by atoms with Crippen molar-refractivity contribution in [3.05, 3.63) is 82.4 Å². The number of carbonyl (C=O) groups is 2. The fourth-order valence-electron chi connectivity index (χ4n) is 4.39. The lowest BCUT2D eigenvalue weighted by atomic mass is 10.0. The largest absolute Gasteiger partial charge is 0.504 e. The predicted molar refractivity (Wildman–Crippen MR) is 144 cm³/mol. The molecule has 0 aromatic heterocycles. The minimum atomic E-state index is -0.577. The molecule has 0 saturated carbocycles. The molecule has 1 N–H and O–H groups in total. The van der Waals surface area contributed by atoms with Crippen LogP contribution >= 0.6 is 12.2 Å². The molecule has 3 aromatic rings. The van der Waals surface area contributed by atoms with E-state index in [0.29, 0.717) is 22.7 Å². The monoisotopic (exact) mass is 502 g/mol. The van der Waals surface area contributed by atoms with Crippen LogP contribution in [0.1, 0.15) is 22.3 Å². The number of anilines is 2. The molecule has 0 aliphatic carbocycles. The highest BCUT2D eigenvalue weighted by molar-refractivity contribution is 7.81. The van der Waals surface area contributed by atoms with Crippen LogP contribution in [-0.2, 0) is 9.59 Å². The Morgan fingerprint density at radius 2 is 1.53 bits per heavy atom. The summed E-state index contributed by atoms with van der Waals surface area (Å²) in [4.78, 5) is 30.3. The summed E-state index contributed by atoms with van der Waals surface area (Å²) in [5.74, 6) is -0.406. The van der Waals surface area contributed by atoms with Crippen molar-refractivity contribution in [2.45, 2.75) is 20.8 Å². The number of phenolic OH excluding ortho intramolecular Hbond substituents is 1. The van der Waals surface area contributed by atoms with E-state index in [-0.39, 0.29) is 22.2 Å². The number of ether oxygens (including phenoxy) is 2. The minimum absolute atomic E-state index is 0.0445. The molecular formula is C28H26N2O5S. The highest BCUT2D eigenvalue weighted by Gasteiger charge is 2.42. The van der Waals surface area contributed by atoms with Crippen molar-refractivity contribution < 1.29 is 24.2 Å². The van der Waals surface area contributed by atoms with Crippen LogP contribution in [0.2, 0.25) is 0 Å². The van der Waals surface area contributed by atoms with Crippen molar-refractivity contribution in [2.75, 3.05) is 24.0 Å². The first-order valence-corrected chi connectivity index (χ1v) is 11.6. The number of nitrogens with zero attached hydrogens (tertiary/aromatic N) is 2. The van der Waals surface area contributed by atoms with Crippen LogP contribution in [0.3, 0.4) is 0 Å². The van der Waals surface area contributed by atoms with Crippen molar-refractivity contribution in [2.24, 2.45) is 0 Å². The Morgan fingerprint density at radius 1 is 0.861 bits per heavy atom. The Morgan fingerprint density at radius 3 is 2.14 bits per heavy atom. The fraction of sp³-hybridized carbons (Fsp3) is 0.179. The molecule has 0 unspecified atom stereocenters. The summed E-state index contributed by atoms with van der Waals surface area (Å²) in [6, 6.07) is 15.5. The van der Waals surface area contributed by atoms with Crippen molar-refractivity contribution in [1.82, 2.24) is 0 Å². The molecule has 1 heterocycles. The van der Waals surface area contributed by atoms with E-state index in [9.17, 15) is 14.7 Å². The maximum Gasteiger partial charge on any atom is 0.270 e. The zero-order chi connectivity index (χ0) is 26.1. The Labute approximate surface area is 215 Å². The van der Waals surface area contributed by atoms with Crippen molar-refractivity contribution >= 4 is 46.6 Å². The van der Waals surface area contributed by atoms with Crippen molar-refractivity contribution in [3.63, 3.8) is 0 Å². The van der Waals surface area contributed by atoms with Crippen molar-refractivity contribution in [1.29, 1.82) is 0 Å². The van der Waals surface area contributed by atoms with Crippen LogP contribution in [0.5, 0.6) is 17.2 Å². The molecule has 4 rings (SSSR count). The van der Waals surface area contributed by atoms with Crippen LogP contribution in [0, 0.1) is 20.8 Å². The van der Waals surface area contributed by atoms with E-state index in [4.69, 9.17) is 21.7 Å². The van der Waals surface area contributed by atoms with E-state index in [1.807, 2.05) is 32.9 Å². The molecule has 7 nitrogen and oxygen atoms in total. The number of phenols is 1. The Hall–Kier alpha value is -4.17. The number of hydrogen-bond acceptors (Lipinski definition) is 6. The van der Waals surface area contributed by atoms with Gasteiger partial charge in [-0.2, -0.15) is 0 Å². The number of thiocarbonyl (C=S) groups is 1. The van der Waals surface area contributed by atoms with Crippen LogP contribution < -0.4 is 19.3 Å². The van der Waals surface area contributed by atoms with E-state index < -0.39 is 11.8 Å². The van der Waals surface area contributed by atoms with Gasteiger partial charge < -0.3 is 14.6 Å². The Balaban J connectivity index is 1.93. The predicted octanol–water partition coefficient (Wildman–Crippen LogP) is 5.08. The molecule has 0 radical (unpaired) electrons. The van der Waals surface area contributed by atoms with E-state index in [0.717, 1.165) is 16.7 Å². The first kappa shape index (κ1) is 24.9. The zero-order valence-corrected chi connectivity index (χ0v) is 21.5. The maximum absolute atomic E-state index is 13.9. The van der Waals surface area contributed by atoms with Gasteiger partial charge in [0, 0.05) is 6.07 Å². The van der Waals surface area contributed by atoms with E-state index in [1.54, 1.807) is 36.4 Å². The molecule has 3 aromatic carbocycles. The first-order chi connectivity index (χ1) is 17.2. The van der Waals surface area contributed by atoms with Gasteiger partial charge in [-0.3, -0.25) is 19.4 Å². The number of aryl methyl sites for hydroxylation is 3. The van der Waals surface area contributed by atoms with Gasteiger partial charge in [-0.25, -0.2) is 0 Å². The summed E-state index contributed by atoms with van der Waals surface area (Å²) in [7, 11) is 2.98. The van der Waals surface area contributed by atoms with E-state index >= 15 is 0 Å². The van der Waals surface area contributed by atoms with Gasteiger partial charge in [0.25, 0.3) is 11.8 Å². The number of amides is 2. The third-order valence-corrected chi connectivity index (χ3v) is 6.30. The lowest BCUT2D eigenvalue weighted by molar-refractivity contribution is -0.120. The Bertz CT molecular complexity index is 1410. The van der Waals surface area contributed by atoms with Gasteiger partial charge in [0.15, 0.2) is 16.6 Å². The van der Waals surface area contributed by atoms with Gasteiger partial charge >= 0.3 is 0 Å². The Kier molecular flexibility index (Phi) is 6.81. The normalized spacial score (nSPS) is 15.0. The SMILES string of the molecule is COc1cccc(N2C(=O)/C(=C\c3ccc(OC)c(O)c3)C(=O)N(c3c(C)cc(C)cc3C)C2=S)c1. The summed E-state index contributed by atoms with van der Waals surface area (Å²) >= 11 is 5.76. The molecule has 36 heavy (non-hydrogen) atoms. The summed E-state index contributed by atoms with van der Waals surface area (Å²) < 4.78 is 10.4. The van der Waals surface area contributed by atoms with Gasteiger partial charge in [-0.05, 0) is 80.0 Å². The quantitative estimate of drug-likeness (QED) is 0.298. The highest BCUT2D eigenvalue weighted by Crippen LogP contribution is 2.35. The first-order valence-electron chi connectivity index (χ1n) is 11.2. The molecular weight excluding hydrogens is 476 g/mol. The van der Waals surface area contributed by atoms with E-state index in [1.165, 1.54) is 36.2 Å². The van der Waals surface area contributed by atoms with Gasteiger partial charge in [0.05, 0.1) is 25.6 Å². The van der Waals surface area contributed by atoms with Crippen LogP contribution in [0.4, 0.5) is 11.4 Å². The lowest BCUT2D eigenvalue weighted by Crippen LogP contribution is -2.57. The fourth-order valence-corrected chi connectivity index (χ4v) is 4.76. The minimum Gasteiger partial charge on any atom is -0.504 e. The smallest absolute Gasteiger partial charge is 0.270 e. The number of hydrogen-bond donors (Lipinski definition) is 1. The molecule has 0 bridgehead atoms. The highest BCUT2D eigenvalue weighted by atomic mass is 32.1. The van der Waals surface area contributed by atoms with Crippen LogP contribution in [-0.4, -0.2) is 36.3 Å². The van der Waals surface area contributed by atoms with Crippen LogP contribution in [0.15, 0.2) is 60.2 Å². The van der Waals surface area contributed by atoms with Gasteiger partial charge in [-0.15, -0.1) is 0 Å². The second-order valence-electron chi connectivity index (χ2n) is 8.50. The second-order valence-corrected chi connectivity index (χ2v) is 8.87. The lowest BCUT2D eigenvalue weighted by Gasteiger charge is -2.38. The average Bonchev–Trinajstić information content (AvgIpc) is 2.83. The topological polar surface area (TPSA) is 79.3 Å². The summed E-state index contributed by atoms with van der Waals surface area (Å²) in [5, 5.41) is 10.3. The maximum atomic E-state index is 13.9. The molecule has 1 saturated heterocycles. The standard InChI is InChI=1S/C28H26N2O5S/c1-16-11-17(2)25(18(3)12-16)30-27(33)22(13-19-9-10-24(35-5)23(31)14-19)26(32)29(28(30)36)20-7-6-8-21(15-20)34-4/h6-15,31H,1-5H3/b22-13+. The third kappa shape index (κ3) is 4.43. The van der Waals surface area contributed by atoms with Crippen LogP contribution in [0.25, 0.3) is 6.08 Å². The second kappa shape index (κ2) is 9.83. The molecule has 8 heteroatoms. The molecule has 2 amide bonds. The zero-order valence-electron chi connectivity index (χ0n) is 20.7. The average molecular weight is 503 g/mol.